The maximum atomic E-state index is 12.1. The Hall–Kier alpha value is -3.64. The largest absolute Gasteiger partial charge is 0.387 e. The first kappa shape index (κ1) is 23.1. The number of imidazole rings is 1. The number of nitrogens with zero attached hydrogens (tertiary/aromatic N) is 5. The molecule has 1 saturated heterocycles. The molecule has 4 N–H and O–H groups in total. The number of aromatic nitrogens is 5. The number of rotatable bonds is 6. The summed E-state index contributed by atoms with van der Waals surface area (Å²) in [5, 5.41) is 27.2. The molecule has 3 aromatic heterocycles. The van der Waals surface area contributed by atoms with Gasteiger partial charge in [-0.15, -0.1) is 0 Å². The van der Waals surface area contributed by atoms with Crippen molar-refractivity contribution in [1.82, 2.24) is 29.8 Å². The van der Waals surface area contributed by atoms with Crippen molar-refractivity contribution in [2.75, 3.05) is 12.4 Å². The number of ether oxygens (including phenoxy) is 1. The van der Waals surface area contributed by atoms with Crippen molar-refractivity contribution in [2.45, 2.75) is 31.1 Å². The van der Waals surface area contributed by atoms with Crippen molar-refractivity contribution in [3.8, 4) is 11.4 Å². The Kier molecular flexibility index (Phi) is 6.31. The van der Waals surface area contributed by atoms with Gasteiger partial charge in [0.15, 0.2) is 35.1 Å². The summed E-state index contributed by atoms with van der Waals surface area (Å²) in [4.78, 5) is 29.9. The molecular weight excluding hydrogens is 474 g/mol. The molecule has 12 heteroatoms. The maximum Gasteiger partial charge on any atom is 0.251 e. The normalized spacial score (nSPS) is 21.8. The van der Waals surface area contributed by atoms with Crippen molar-refractivity contribution in [1.29, 1.82) is 0 Å². The molecule has 1 aliphatic rings. The monoisotopic (exact) mass is 495 g/mol. The zero-order chi connectivity index (χ0) is 24.5. The molecule has 0 spiro atoms. The molecule has 4 aromatic rings. The molecule has 1 amide bonds. The molecule has 0 unspecified atom stereocenters. The number of benzene rings is 1. The Morgan fingerprint density at radius 1 is 1.17 bits per heavy atom. The van der Waals surface area contributed by atoms with E-state index in [1.165, 1.54) is 24.1 Å². The lowest BCUT2D eigenvalue weighted by molar-refractivity contribution is -0.137. The summed E-state index contributed by atoms with van der Waals surface area (Å²) < 4.78 is 7.20. The number of carbonyl (C=O) groups excluding carboxylic acids is 1. The van der Waals surface area contributed by atoms with Gasteiger partial charge in [-0.2, -0.15) is 0 Å². The second kappa shape index (κ2) is 9.55. The number of hydrogen-bond donors (Lipinski definition) is 4. The van der Waals surface area contributed by atoms with Gasteiger partial charge in [0.05, 0.1) is 11.3 Å². The van der Waals surface area contributed by atoms with Crippen molar-refractivity contribution in [3.05, 3.63) is 65.7 Å². The molecule has 1 aromatic carbocycles. The fourth-order valence-electron chi connectivity index (χ4n) is 3.92. The highest BCUT2D eigenvalue weighted by Crippen LogP contribution is 2.33. The van der Waals surface area contributed by atoms with Crippen LogP contribution in [0.5, 0.6) is 0 Å². The third kappa shape index (κ3) is 4.42. The standard InChI is InChI=1S/C23H22ClN7O4/c1-25-22(34)18-16(32)17(33)23(35-18)31-11-28-15-20(27-8-12-5-3-2-4-6-12)29-19(30-21(15)31)13-7-14(24)10-26-9-13/h2-7,9-11,16-18,23,32-33H,8H2,1H3,(H,25,34)(H,27,29,30)/t16-,17-,18-,23-/m0/s1. The van der Waals surface area contributed by atoms with Gasteiger partial charge in [-0.05, 0) is 11.6 Å². The van der Waals surface area contributed by atoms with Crippen molar-refractivity contribution < 1.29 is 19.7 Å². The van der Waals surface area contributed by atoms with Crippen LogP contribution >= 0.6 is 11.6 Å². The number of aliphatic hydroxyl groups excluding tert-OH is 2. The van der Waals surface area contributed by atoms with Gasteiger partial charge in [0.1, 0.15) is 12.2 Å². The summed E-state index contributed by atoms with van der Waals surface area (Å²) in [6.07, 6.45) is -0.633. The number of pyridine rings is 1. The zero-order valence-electron chi connectivity index (χ0n) is 18.5. The van der Waals surface area contributed by atoms with Crippen LogP contribution < -0.4 is 10.6 Å². The number of nitrogens with one attached hydrogen (secondary N) is 2. The number of likely N-dealkylation sites (N-methyl/N-ethyl adjacent to an activating group) is 1. The predicted molar refractivity (Wildman–Crippen MR) is 127 cm³/mol. The minimum Gasteiger partial charge on any atom is -0.387 e. The lowest BCUT2D eigenvalue weighted by atomic mass is 10.1. The molecule has 11 nitrogen and oxygen atoms in total. The SMILES string of the molecule is CNC(=O)[C@H]1O[C@H](n2cnc3c(NCc4ccccc4)nc(-c4cncc(Cl)c4)nc32)[C@@H](O)[C@@H]1O. The van der Waals surface area contributed by atoms with E-state index in [0.29, 0.717) is 39.9 Å². The number of carbonyl (C=O) groups is 1. The number of halogens is 1. The predicted octanol–water partition coefficient (Wildman–Crippen LogP) is 1.52. The van der Waals surface area contributed by atoms with Gasteiger partial charge in [0.25, 0.3) is 5.91 Å². The molecule has 0 aliphatic carbocycles. The van der Waals surface area contributed by atoms with Gasteiger partial charge in [0, 0.05) is 31.5 Å². The first-order chi connectivity index (χ1) is 17.0. The van der Waals surface area contributed by atoms with Gasteiger partial charge < -0.3 is 25.6 Å². The van der Waals surface area contributed by atoms with Gasteiger partial charge >= 0.3 is 0 Å². The van der Waals surface area contributed by atoms with E-state index < -0.39 is 30.4 Å². The highest BCUT2D eigenvalue weighted by Gasteiger charge is 2.47. The highest BCUT2D eigenvalue weighted by molar-refractivity contribution is 6.30. The van der Waals surface area contributed by atoms with E-state index in [9.17, 15) is 15.0 Å². The van der Waals surface area contributed by atoms with Crippen LogP contribution in [-0.2, 0) is 16.1 Å². The highest BCUT2D eigenvalue weighted by atomic mass is 35.5. The number of amides is 1. The number of aliphatic hydroxyl groups is 2. The summed E-state index contributed by atoms with van der Waals surface area (Å²) >= 11 is 6.13. The van der Waals surface area contributed by atoms with E-state index >= 15 is 0 Å². The molecule has 4 heterocycles. The average Bonchev–Trinajstić information content (AvgIpc) is 3.43. The Labute approximate surface area is 204 Å². The van der Waals surface area contributed by atoms with Crippen LogP contribution in [0.1, 0.15) is 11.8 Å². The van der Waals surface area contributed by atoms with Gasteiger partial charge in [-0.25, -0.2) is 15.0 Å². The average molecular weight is 496 g/mol. The van der Waals surface area contributed by atoms with Crippen molar-refractivity contribution in [2.24, 2.45) is 0 Å². The van der Waals surface area contributed by atoms with Crippen LogP contribution in [-0.4, -0.2) is 66.0 Å². The van der Waals surface area contributed by atoms with E-state index in [1.807, 2.05) is 30.3 Å². The summed E-state index contributed by atoms with van der Waals surface area (Å²) in [6.45, 7) is 0.479. The van der Waals surface area contributed by atoms with Crippen molar-refractivity contribution >= 4 is 34.5 Å². The second-order valence-electron chi connectivity index (χ2n) is 7.99. The van der Waals surface area contributed by atoms with E-state index in [-0.39, 0.29) is 0 Å². The summed E-state index contributed by atoms with van der Waals surface area (Å²) in [5.41, 5.74) is 2.37. The molecule has 180 valence electrons. The Bertz CT molecular complexity index is 1370. The number of hydrogen-bond acceptors (Lipinski definition) is 9. The van der Waals surface area contributed by atoms with Gasteiger partial charge in [0.2, 0.25) is 0 Å². The quantitative estimate of drug-likeness (QED) is 0.312. The van der Waals surface area contributed by atoms with Crippen LogP contribution in [0.2, 0.25) is 5.02 Å². The smallest absolute Gasteiger partial charge is 0.251 e. The van der Waals surface area contributed by atoms with E-state index in [1.54, 1.807) is 12.3 Å². The molecular formula is C23H22ClN7O4. The third-order valence-corrected chi connectivity index (χ3v) is 5.91. The van der Waals surface area contributed by atoms with Gasteiger partial charge in [-0.1, -0.05) is 41.9 Å². The Morgan fingerprint density at radius 3 is 2.71 bits per heavy atom. The van der Waals surface area contributed by atoms with E-state index in [4.69, 9.17) is 16.3 Å². The summed E-state index contributed by atoms with van der Waals surface area (Å²) in [6, 6.07) is 11.5. The lowest BCUT2D eigenvalue weighted by Crippen LogP contribution is -2.41. The number of fused-ring (bicyclic) bond motifs is 1. The fraction of sp³-hybridized carbons (Fsp3) is 0.261. The molecule has 1 aliphatic heterocycles. The van der Waals surface area contributed by atoms with E-state index in [0.717, 1.165) is 5.56 Å². The Morgan fingerprint density at radius 2 is 1.97 bits per heavy atom. The third-order valence-electron chi connectivity index (χ3n) is 5.70. The molecule has 35 heavy (non-hydrogen) atoms. The minimum absolute atomic E-state index is 0.320. The zero-order valence-corrected chi connectivity index (χ0v) is 19.3. The number of anilines is 1. The van der Waals surface area contributed by atoms with Crippen LogP contribution in [0.25, 0.3) is 22.6 Å². The minimum atomic E-state index is -1.42. The topological polar surface area (TPSA) is 147 Å². The summed E-state index contributed by atoms with van der Waals surface area (Å²) in [7, 11) is 1.42. The molecule has 0 radical (unpaired) electrons. The van der Waals surface area contributed by atoms with Crippen LogP contribution in [0.4, 0.5) is 5.82 Å². The van der Waals surface area contributed by atoms with Crippen molar-refractivity contribution in [3.63, 3.8) is 0 Å². The van der Waals surface area contributed by atoms with Gasteiger partial charge in [-0.3, -0.25) is 14.3 Å². The van der Waals surface area contributed by atoms with Crippen LogP contribution in [0.15, 0.2) is 55.1 Å². The second-order valence-corrected chi connectivity index (χ2v) is 8.43. The maximum absolute atomic E-state index is 12.1. The lowest BCUT2D eigenvalue weighted by Gasteiger charge is -2.17. The Balaban J connectivity index is 1.58. The molecule has 4 atom stereocenters. The first-order valence-corrected chi connectivity index (χ1v) is 11.2. The fourth-order valence-corrected chi connectivity index (χ4v) is 4.09. The van der Waals surface area contributed by atoms with Crippen LogP contribution in [0.3, 0.4) is 0 Å². The molecule has 0 saturated carbocycles. The molecule has 5 rings (SSSR count). The van der Waals surface area contributed by atoms with E-state index in [2.05, 4.69) is 30.6 Å². The first-order valence-electron chi connectivity index (χ1n) is 10.8. The van der Waals surface area contributed by atoms with Crippen LogP contribution in [0, 0.1) is 0 Å². The summed E-state index contributed by atoms with van der Waals surface area (Å²) in [5.74, 6) is 0.221. The molecule has 0 bridgehead atoms. The molecule has 1 fully saturated rings.